The lowest BCUT2D eigenvalue weighted by molar-refractivity contribution is -0.138. The fourth-order valence-corrected chi connectivity index (χ4v) is 4.46. The van der Waals surface area contributed by atoms with Crippen molar-refractivity contribution in [2.75, 3.05) is 32.2 Å². The van der Waals surface area contributed by atoms with E-state index in [2.05, 4.69) is 4.74 Å². The first-order valence-corrected chi connectivity index (χ1v) is 9.71. The zero-order valence-corrected chi connectivity index (χ0v) is 17.1. The van der Waals surface area contributed by atoms with Crippen LogP contribution in [0.3, 0.4) is 0 Å². The first-order valence-electron chi connectivity index (χ1n) is 7.51. The van der Waals surface area contributed by atoms with Gasteiger partial charge in [-0.3, -0.25) is 9.10 Å². The highest BCUT2D eigenvalue weighted by Gasteiger charge is 2.31. The summed E-state index contributed by atoms with van der Waals surface area (Å²) in [5, 5.41) is -0.257. The Kier molecular flexibility index (Phi) is 6.80. The minimum Gasteiger partial charge on any atom is -0.497 e. The van der Waals surface area contributed by atoms with Gasteiger partial charge in [-0.2, -0.15) is 0 Å². The van der Waals surface area contributed by atoms with Gasteiger partial charge >= 0.3 is 5.97 Å². The molecule has 0 N–H and O–H groups in total. The van der Waals surface area contributed by atoms with Gasteiger partial charge in [-0.05, 0) is 36.4 Å². The van der Waals surface area contributed by atoms with E-state index in [-0.39, 0.29) is 26.4 Å². The Morgan fingerprint density at radius 3 is 2.11 bits per heavy atom. The van der Waals surface area contributed by atoms with Crippen molar-refractivity contribution in [2.24, 2.45) is 0 Å². The van der Waals surface area contributed by atoms with E-state index >= 15 is 0 Å². The lowest BCUT2D eigenvalue weighted by Crippen LogP contribution is -2.36. The first kappa shape index (κ1) is 21.1. The molecule has 2 rings (SSSR count). The van der Waals surface area contributed by atoms with Crippen LogP contribution in [-0.4, -0.2) is 42.3 Å². The molecule has 0 heterocycles. The van der Waals surface area contributed by atoms with Gasteiger partial charge < -0.3 is 14.2 Å². The van der Waals surface area contributed by atoms with E-state index in [1.54, 1.807) is 12.1 Å². The molecule has 7 nitrogen and oxygen atoms in total. The molecule has 0 aliphatic rings. The van der Waals surface area contributed by atoms with Gasteiger partial charge in [0.25, 0.3) is 10.0 Å². The second-order valence-corrected chi connectivity index (χ2v) is 7.77. The Hall–Kier alpha value is -2.16. The van der Waals surface area contributed by atoms with E-state index in [9.17, 15) is 13.2 Å². The summed E-state index contributed by atoms with van der Waals surface area (Å²) in [7, 11) is -0.207. The minimum absolute atomic E-state index is 0.0482. The van der Waals surface area contributed by atoms with Crippen molar-refractivity contribution in [3.63, 3.8) is 0 Å². The van der Waals surface area contributed by atoms with E-state index < -0.39 is 22.5 Å². The second-order valence-electron chi connectivity index (χ2n) is 5.18. The van der Waals surface area contributed by atoms with Crippen LogP contribution in [0, 0.1) is 0 Å². The number of carbonyl (C=O) groups excluding carboxylic acids is 1. The van der Waals surface area contributed by atoms with E-state index in [0.29, 0.717) is 5.75 Å². The highest BCUT2D eigenvalue weighted by molar-refractivity contribution is 7.93. The number of methoxy groups -OCH3 is 3. The number of nitrogens with zero attached hydrogens (tertiary/aromatic N) is 1. The van der Waals surface area contributed by atoms with Gasteiger partial charge in [-0.15, -0.1) is 0 Å². The maximum atomic E-state index is 13.2. The Morgan fingerprint density at radius 2 is 1.59 bits per heavy atom. The van der Waals surface area contributed by atoms with Crippen LogP contribution < -0.4 is 13.8 Å². The lowest BCUT2D eigenvalue weighted by Gasteiger charge is -2.24. The third-order valence-corrected chi connectivity index (χ3v) is 6.45. The number of benzene rings is 2. The van der Waals surface area contributed by atoms with Gasteiger partial charge in [0.1, 0.15) is 28.0 Å². The van der Waals surface area contributed by atoms with Crippen LogP contribution in [0.5, 0.6) is 11.5 Å². The Morgan fingerprint density at radius 1 is 0.963 bits per heavy atom. The molecule has 0 bridgehead atoms. The highest BCUT2D eigenvalue weighted by Crippen LogP contribution is 2.38. The molecule has 0 saturated heterocycles. The van der Waals surface area contributed by atoms with Gasteiger partial charge in [0, 0.05) is 0 Å². The molecule has 0 saturated carbocycles. The molecule has 2 aromatic carbocycles. The van der Waals surface area contributed by atoms with Crippen LogP contribution >= 0.6 is 23.2 Å². The quantitative estimate of drug-likeness (QED) is 0.622. The number of anilines is 1. The Balaban J connectivity index is 2.59. The molecule has 2 aromatic rings. The molecule has 0 fully saturated rings. The van der Waals surface area contributed by atoms with Gasteiger partial charge in [0.2, 0.25) is 0 Å². The number of rotatable bonds is 7. The molecular weight excluding hydrogens is 417 g/mol. The molecule has 0 aliphatic carbocycles. The SMILES string of the molecule is COC(=O)CN(c1ccc(OC)cc1)S(=O)(=O)c1ccc(OC)c(Cl)c1Cl. The first-order chi connectivity index (χ1) is 12.8. The molecule has 146 valence electrons. The number of hydrogen-bond acceptors (Lipinski definition) is 6. The van der Waals surface area contributed by atoms with Crippen molar-refractivity contribution in [3.05, 3.63) is 46.4 Å². The average Bonchev–Trinajstić information content (AvgIpc) is 2.67. The normalized spacial score (nSPS) is 11.0. The van der Waals surface area contributed by atoms with Crippen molar-refractivity contribution in [1.82, 2.24) is 0 Å². The second kappa shape index (κ2) is 8.69. The monoisotopic (exact) mass is 433 g/mol. The zero-order chi connectivity index (χ0) is 20.2. The molecule has 0 amide bonds. The van der Waals surface area contributed by atoms with Crippen molar-refractivity contribution >= 4 is 44.9 Å². The van der Waals surface area contributed by atoms with E-state index in [4.69, 9.17) is 32.7 Å². The summed E-state index contributed by atoms with van der Waals surface area (Å²) >= 11 is 12.2. The van der Waals surface area contributed by atoms with Gasteiger partial charge in [-0.1, -0.05) is 23.2 Å². The summed E-state index contributed by atoms with van der Waals surface area (Å²) < 4.78 is 42.0. The van der Waals surface area contributed by atoms with E-state index in [0.717, 1.165) is 4.31 Å². The molecule has 27 heavy (non-hydrogen) atoms. The standard InChI is InChI=1S/C17H17Cl2NO6S/c1-24-12-6-4-11(5-7-12)20(10-15(21)26-3)27(22,23)14-9-8-13(25-2)16(18)17(14)19/h4-9H,10H2,1-3H3. The topological polar surface area (TPSA) is 82.1 Å². The number of ether oxygens (including phenoxy) is 3. The fraction of sp³-hybridized carbons (Fsp3) is 0.235. The van der Waals surface area contributed by atoms with Crippen LogP contribution in [-0.2, 0) is 19.6 Å². The van der Waals surface area contributed by atoms with Crippen LogP contribution in [0.4, 0.5) is 5.69 Å². The van der Waals surface area contributed by atoms with Crippen molar-refractivity contribution < 1.29 is 27.4 Å². The average molecular weight is 434 g/mol. The zero-order valence-electron chi connectivity index (χ0n) is 14.7. The number of carbonyl (C=O) groups is 1. The minimum atomic E-state index is -4.24. The maximum absolute atomic E-state index is 13.2. The molecular formula is C17H17Cl2NO6S. The highest BCUT2D eigenvalue weighted by atomic mass is 35.5. The number of sulfonamides is 1. The third-order valence-electron chi connectivity index (χ3n) is 3.66. The molecule has 0 radical (unpaired) electrons. The molecule has 10 heteroatoms. The van der Waals surface area contributed by atoms with Gasteiger partial charge in [-0.25, -0.2) is 8.42 Å². The smallest absolute Gasteiger partial charge is 0.326 e. The number of esters is 1. The van der Waals surface area contributed by atoms with E-state index in [1.807, 2.05) is 0 Å². The van der Waals surface area contributed by atoms with Crippen LogP contribution in [0.25, 0.3) is 0 Å². The molecule has 0 unspecified atom stereocenters. The molecule has 0 atom stereocenters. The predicted octanol–water partition coefficient (Wildman–Crippen LogP) is 3.38. The maximum Gasteiger partial charge on any atom is 0.326 e. The largest absolute Gasteiger partial charge is 0.497 e. The molecule has 0 spiro atoms. The third kappa shape index (κ3) is 4.40. The van der Waals surface area contributed by atoms with Crippen molar-refractivity contribution in [1.29, 1.82) is 0 Å². The van der Waals surface area contributed by atoms with E-state index in [1.165, 1.54) is 45.6 Å². The van der Waals surface area contributed by atoms with Crippen LogP contribution in [0.1, 0.15) is 0 Å². The lowest BCUT2D eigenvalue weighted by atomic mass is 10.3. The van der Waals surface area contributed by atoms with Crippen molar-refractivity contribution in [2.45, 2.75) is 4.90 Å². The van der Waals surface area contributed by atoms with Gasteiger partial charge in [0.05, 0.1) is 32.0 Å². The van der Waals surface area contributed by atoms with Crippen molar-refractivity contribution in [3.8, 4) is 11.5 Å². The molecule has 0 aliphatic heterocycles. The number of hydrogen-bond donors (Lipinski definition) is 0. The Labute approximate surface area is 167 Å². The summed E-state index contributed by atoms with van der Waals surface area (Å²) in [6.07, 6.45) is 0. The summed E-state index contributed by atoms with van der Waals surface area (Å²) in [5.74, 6) is 0.00870. The van der Waals surface area contributed by atoms with Gasteiger partial charge in [0.15, 0.2) is 0 Å². The molecule has 0 aromatic heterocycles. The summed E-state index contributed by atoms with van der Waals surface area (Å²) in [6.45, 7) is -0.550. The summed E-state index contributed by atoms with van der Waals surface area (Å²) in [5.41, 5.74) is 0.226. The number of halogens is 2. The summed E-state index contributed by atoms with van der Waals surface area (Å²) in [6, 6.07) is 8.77. The fourth-order valence-electron chi connectivity index (χ4n) is 2.23. The summed E-state index contributed by atoms with van der Waals surface area (Å²) in [4.78, 5) is 11.5. The Bertz CT molecular complexity index is 931. The van der Waals surface area contributed by atoms with Crippen LogP contribution in [0.2, 0.25) is 10.0 Å². The van der Waals surface area contributed by atoms with Crippen LogP contribution in [0.15, 0.2) is 41.3 Å². The predicted molar refractivity (Wildman–Crippen MR) is 103 cm³/mol.